The van der Waals surface area contributed by atoms with Crippen molar-refractivity contribution in [2.24, 2.45) is 0 Å². The van der Waals surface area contributed by atoms with E-state index in [9.17, 15) is 9.59 Å². The van der Waals surface area contributed by atoms with Crippen molar-refractivity contribution < 1.29 is 19.1 Å². The number of unbranched alkanes of at least 4 members (excludes halogenated alkanes) is 18. The summed E-state index contributed by atoms with van der Waals surface area (Å²) in [5, 5.41) is 0. The van der Waals surface area contributed by atoms with E-state index < -0.39 is 0 Å². The van der Waals surface area contributed by atoms with E-state index in [1.807, 2.05) is 0 Å². The van der Waals surface area contributed by atoms with Gasteiger partial charge in [-0.1, -0.05) is 136 Å². The van der Waals surface area contributed by atoms with Crippen molar-refractivity contribution in [2.45, 2.75) is 174 Å². The van der Waals surface area contributed by atoms with E-state index in [1.54, 1.807) is 0 Å². The molecule has 216 valence electrons. The van der Waals surface area contributed by atoms with Gasteiger partial charge in [0.15, 0.2) is 0 Å². The summed E-state index contributed by atoms with van der Waals surface area (Å²) in [6, 6.07) is 0. The molecule has 0 radical (unpaired) electrons. The predicted octanol–water partition coefficient (Wildman–Crippen LogP) is 10.2. The average molecular weight is 521 g/mol. The minimum atomic E-state index is -0.288. The first kappa shape index (κ1) is 33.7. The van der Waals surface area contributed by atoms with Crippen molar-refractivity contribution in [1.82, 2.24) is 0 Å². The van der Waals surface area contributed by atoms with Crippen LogP contribution >= 0.6 is 0 Å². The molecule has 1 aliphatic carbocycles. The molecule has 4 heteroatoms. The molecule has 0 bridgehead atoms. The molecule has 0 saturated carbocycles. The van der Waals surface area contributed by atoms with Gasteiger partial charge >= 0.3 is 11.9 Å². The van der Waals surface area contributed by atoms with Crippen molar-refractivity contribution in [3.63, 3.8) is 0 Å². The fourth-order valence-electron chi connectivity index (χ4n) is 5.22. The minimum absolute atomic E-state index is 0.288. The molecule has 1 aliphatic rings. The van der Waals surface area contributed by atoms with Crippen LogP contribution in [0.4, 0.5) is 0 Å². The van der Waals surface area contributed by atoms with Crippen molar-refractivity contribution >= 4 is 11.9 Å². The van der Waals surface area contributed by atoms with E-state index in [2.05, 4.69) is 13.8 Å². The zero-order valence-corrected chi connectivity index (χ0v) is 24.7. The molecular weight excluding hydrogens is 460 g/mol. The van der Waals surface area contributed by atoms with E-state index in [4.69, 9.17) is 9.47 Å². The Balaban J connectivity index is 2.21. The lowest BCUT2D eigenvalue weighted by molar-refractivity contribution is -0.142. The molecule has 0 heterocycles. The molecule has 0 atom stereocenters. The second-order valence-electron chi connectivity index (χ2n) is 11.2. The molecule has 0 aliphatic heterocycles. The Kier molecular flexibility index (Phi) is 22.8. The minimum Gasteiger partial charge on any atom is -0.462 e. The maximum absolute atomic E-state index is 12.8. The zero-order chi connectivity index (χ0) is 26.8. The Labute approximate surface area is 229 Å². The largest absolute Gasteiger partial charge is 0.462 e. The van der Waals surface area contributed by atoms with Crippen LogP contribution in [-0.2, 0) is 19.1 Å². The molecule has 4 nitrogen and oxygen atoms in total. The van der Waals surface area contributed by atoms with Gasteiger partial charge in [0.2, 0.25) is 0 Å². The molecule has 37 heavy (non-hydrogen) atoms. The van der Waals surface area contributed by atoms with E-state index >= 15 is 0 Å². The van der Waals surface area contributed by atoms with Crippen LogP contribution in [0.15, 0.2) is 11.1 Å². The molecule has 0 unspecified atom stereocenters. The summed E-state index contributed by atoms with van der Waals surface area (Å²) in [7, 11) is 0. The SMILES string of the molecule is CCCCCCCCCCCCOC(=O)C1=C(C(=O)OCCCCCCCCCCCC)CCCCC1. The van der Waals surface area contributed by atoms with Gasteiger partial charge in [-0.25, -0.2) is 9.59 Å². The van der Waals surface area contributed by atoms with Crippen LogP contribution in [0.1, 0.15) is 174 Å². The van der Waals surface area contributed by atoms with Crippen LogP contribution < -0.4 is 0 Å². The Morgan fingerprint density at radius 1 is 0.459 bits per heavy atom. The van der Waals surface area contributed by atoms with Crippen LogP contribution in [0, 0.1) is 0 Å². The Hall–Kier alpha value is -1.32. The summed E-state index contributed by atoms with van der Waals surface area (Å²) in [4.78, 5) is 25.6. The monoisotopic (exact) mass is 520 g/mol. The van der Waals surface area contributed by atoms with E-state index in [-0.39, 0.29) is 11.9 Å². The first-order valence-electron chi connectivity index (χ1n) is 16.3. The molecule has 0 aromatic rings. The second-order valence-corrected chi connectivity index (χ2v) is 11.2. The van der Waals surface area contributed by atoms with Gasteiger partial charge in [-0.2, -0.15) is 0 Å². The summed E-state index contributed by atoms with van der Waals surface area (Å²) >= 11 is 0. The summed E-state index contributed by atoms with van der Waals surface area (Å²) in [5.74, 6) is -0.576. The standard InChI is InChI=1S/C33H60O4/c1-3-5-7-9-11-13-15-17-19-24-28-36-32(34)30-26-22-21-23-27-31(30)33(35)37-29-25-20-18-16-14-12-10-8-6-4-2/h3-29H2,1-2H3. The lowest BCUT2D eigenvalue weighted by atomic mass is 10.0. The molecule has 0 aromatic heterocycles. The van der Waals surface area contributed by atoms with Crippen LogP contribution in [0.2, 0.25) is 0 Å². The highest BCUT2D eigenvalue weighted by atomic mass is 16.5. The predicted molar refractivity (Wildman–Crippen MR) is 156 cm³/mol. The van der Waals surface area contributed by atoms with Crippen LogP contribution in [-0.4, -0.2) is 25.2 Å². The fourth-order valence-corrected chi connectivity index (χ4v) is 5.22. The van der Waals surface area contributed by atoms with Crippen molar-refractivity contribution in [1.29, 1.82) is 0 Å². The highest BCUT2D eigenvalue weighted by Crippen LogP contribution is 2.26. The van der Waals surface area contributed by atoms with Gasteiger partial charge in [-0.05, 0) is 38.5 Å². The molecule has 0 fully saturated rings. The van der Waals surface area contributed by atoms with Crippen LogP contribution in [0.5, 0.6) is 0 Å². The first-order valence-corrected chi connectivity index (χ1v) is 16.3. The first-order chi connectivity index (χ1) is 18.2. The van der Waals surface area contributed by atoms with E-state index in [1.165, 1.54) is 103 Å². The van der Waals surface area contributed by atoms with E-state index in [0.717, 1.165) is 44.9 Å². The maximum Gasteiger partial charge on any atom is 0.334 e. The number of esters is 2. The Bertz CT molecular complexity index is 545. The molecule has 0 saturated heterocycles. The molecule has 0 spiro atoms. The van der Waals surface area contributed by atoms with Gasteiger partial charge in [0.25, 0.3) is 0 Å². The number of rotatable bonds is 24. The normalized spacial score (nSPS) is 14.0. The van der Waals surface area contributed by atoms with Gasteiger partial charge < -0.3 is 9.47 Å². The lowest BCUT2D eigenvalue weighted by Crippen LogP contribution is -2.17. The summed E-state index contributed by atoms with van der Waals surface area (Å²) in [6.07, 6.45) is 29.4. The average Bonchev–Trinajstić information content (AvgIpc) is 3.16. The molecule has 1 rings (SSSR count). The van der Waals surface area contributed by atoms with Crippen molar-refractivity contribution in [2.75, 3.05) is 13.2 Å². The quantitative estimate of drug-likeness (QED) is 0.0938. The molecule has 0 amide bonds. The van der Waals surface area contributed by atoms with E-state index in [0.29, 0.717) is 37.2 Å². The number of hydrogen-bond donors (Lipinski definition) is 0. The third-order valence-corrected chi connectivity index (χ3v) is 7.67. The highest BCUT2D eigenvalue weighted by molar-refractivity contribution is 6.00. The number of carbonyl (C=O) groups excluding carboxylic acids is 2. The fraction of sp³-hybridized carbons (Fsp3) is 0.879. The van der Waals surface area contributed by atoms with Crippen molar-refractivity contribution in [3.8, 4) is 0 Å². The second kappa shape index (κ2) is 25.0. The molecule has 0 N–H and O–H groups in total. The third-order valence-electron chi connectivity index (χ3n) is 7.67. The third kappa shape index (κ3) is 18.6. The summed E-state index contributed by atoms with van der Waals surface area (Å²) < 4.78 is 11.2. The maximum atomic E-state index is 12.8. The summed E-state index contributed by atoms with van der Waals surface area (Å²) in [6.45, 7) is 5.43. The lowest BCUT2D eigenvalue weighted by Gasteiger charge is -2.12. The van der Waals surface area contributed by atoms with Gasteiger partial charge in [-0.15, -0.1) is 0 Å². The highest BCUT2D eigenvalue weighted by Gasteiger charge is 2.24. The van der Waals surface area contributed by atoms with Gasteiger partial charge in [-0.3, -0.25) is 0 Å². The Morgan fingerprint density at radius 3 is 1.08 bits per heavy atom. The molecular formula is C33H60O4. The van der Waals surface area contributed by atoms with Gasteiger partial charge in [0.05, 0.1) is 13.2 Å². The van der Waals surface area contributed by atoms with Crippen LogP contribution in [0.25, 0.3) is 0 Å². The summed E-state index contributed by atoms with van der Waals surface area (Å²) in [5.41, 5.74) is 1.16. The van der Waals surface area contributed by atoms with Gasteiger partial charge in [0, 0.05) is 11.1 Å². The van der Waals surface area contributed by atoms with Crippen LogP contribution in [0.3, 0.4) is 0 Å². The van der Waals surface area contributed by atoms with Crippen molar-refractivity contribution in [3.05, 3.63) is 11.1 Å². The smallest absolute Gasteiger partial charge is 0.334 e. The number of hydrogen-bond acceptors (Lipinski definition) is 4. The van der Waals surface area contributed by atoms with Gasteiger partial charge in [0.1, 0.15) is 0 Å². The zero-order valence-electron chi connectivity index (χ0n) is 24.7. The number of ether oxygens (including phenoxy) is 2. The molecule has 0 aromatic carbocycles. The Morgan fingerprint density at radius 2 is 0.757 bits per heavy atom. The topological polar surface area (TPSA) is 52.6 Å². The number of carbonyl (C=O) groups is 2.